The zero-order chi connectivity index (χ0) is 40.9. The van der Waals surface area contributed by atoms with Crippen molar-refractivity contribution < 1.29 is 125 Å². The van der Waals surface area contributed by atoms with Crippen LogP contribution in [-0.2, 0) is 37.9 Å². The number of hydrogen-bond donors (Lipinski definition) is 17. The van der Waals surface area contributed by atoms with E-state index >= 15 is 0 Å². The third kappa shape index (κ3) is 10.6. The Kier molecular flexibility index (Phi) is 17.7. The van der Waals surface area contributed by atoms with E-state index in [1.54, 1.807) is 0 Å². The van der Waals surface area contributed by atoms with Crippen molar-refractivity contribution in [3.63, 3.8) is 0 Å². The number of hydrogen-bond acceptors (Lipinski definition) is 25. The van der Waals surface area contributed by atoms with E-state index in [1.165, 1.54) is 0 Å². The van der Waals surface area contributed by atoms with Gasteiger partial charge in [-0.25, -0.2) is 0 Å². The standard InChI is InChI=1S/C30H54O25/c31-2-1-8(35)14(37)22(45)27(47)53-25-20(43)16(39)11(4-33)51-29(25)49-7-13-18(41)24(9(36)6-48-13)54-30-26(21(44)17(40)12(5-34)52-30)55-28-23(46)19(42)15(38)10(3-32)50-28/h8-47H,1-7H2/t8-,9?,10?,11?,12?,13?,14+,15-,16-,17-,18-,19?,20+,21?,22?,23?,24-,25?,26?,27-,28-,29+,30-/m1/s1. The molecule has 4 aliphatic rings. The molecule has 17 N–H and O–H groups in total. The van der Waals surface area contributed by atoms with Gasteiger partial charge >= 0.3 is 0 Å². The summed E-state index contributed by atoms with van der Waals surface area (Å²) in [5.74, 6) is 0. The summed E-state index contributed by atoms with van der Waals surface area (Å²) in [5, 5.41) is 174. The zero-order valence-corrected chi connectivity index (χ0v) is 29.1. The van der Waals surface area contributed by atoms with E-state index in [1.807, 2.05) is 0 Å². The van der Waals surface area contributed by atoms with Crippen molar-refractivity contribution in [1.82, 2.24) is 0 Å². The molecule has 0 aliphatic carbocycles. The maximum absolute atomic E-state index is 11.3. The van der Waals surface area contributed by atoms with Crippen molar-refractivity contribution in [3.8, 4) is 0 Å². The van der Waals surface area contributed by atoms with Crippen LogP contribution in [0.2, 0.25) is 0 Å². The summed E-state index contributed by atoms with van der Waals surface area (Å²) < 4.78 is 44.1. The molecule has 4 saturated heterocycles. The molecule has 0 bridgehead atoms. The molecule has 0 saturated carbocycles. The van der Waals surface area contributed by atoms with Gasteiger partial charge in [0.2, 0.25) is 0 Å². The van der Waals surface area contributed by atoms with Crippen molar-refractivity contribution in [1.29, 1.82) is 0 Å². The van der Waals surface area contributed by atoms with E-state index in [9.17, 15) is 81.7 Å². The molecule has 4 rings (SSSR count). The molecule has 4 heterocycles. The quantitative estimate of drug-likeness (QED) is 0.0606. The molecule has 4 aliphatic heterocycles. The van der Waals surface area contributed by atoms with E-state index in [4.69, 9.17) is 43.0 Å². The minimum atomic E-state index is -2.37. The van der Waals surface area contributed by atoms with E-state index in [2.05, 4.69) is 0 Å². The van der Waals surface area contributed by atoms with Crippen LogP contribution in [0.1, 0.15) is 6.42 Å². The average molecular weight is 815 g/mol. The van der Waals surface area contributed by atoms with Crippen LogP contribution in [0.3, 0.4) is 0 Å². The average Bonchev–Trinajstić information content (AvgIpc) is 3.17. The topological polar surface area (TPSA) is 418 Å². The first kappa shape index (κ1) is 46.7. The normalized spacial score (nSPS) is 46.5. The van der Waals surface area contributed by atoms with Gasteiger partial charge in [0.1, 0.15) is 110 Å². The molecule has 0 aromatic rings. The molecule has 0 aromatic carbocycles. The number of ether oxygens (including phenoxy) is 8. The van der Waals surface area contributed by atoms with Crippen molar-refractivity contribution in [2.75, 3.05) is 39.6 Å². The molecule has 55 heavy (non-hydrogen) atoms. The second-order valence-electron chi connectivity index (χ2n) is 13.6. The fourth-order valence-corrected chi connectivity index (χ4v) is 6.44. The third-order valence-corrected chi connectivity index (χ3v) is 9.84. The van der Waals surface area contributed by atoms with E-state index in [0.717, 1.165) is 0 Å². The summed E-state index contributed by atoms with van der Waals surface area (Å²) in [6.07, 6.45) is -42.6. The maximum Gasteiger partial charge on any atom is 0.187 e. The van der Waals surface area contributed by atoms with Crippen LogP contribution in [0.25, 0.3) is 0 Å². The van der Waals surface area contributed by atoms with Crippen LogP contribution in [0.4, 0.5) is 0 Å². The highest BCUT2D eigenvalue weighted by Gasteiger charge is 2.54. The summed E-state index contributed by atoms with van der Waals surface area (Å²) in [4.78, 5) is 0. The summed E-state index contributed by atoms with van der Waals surface area (Å²) in [7, 11) is 0. The van der Waals surface area contributed by atoms with Gasteiger partial charge < -0.3 is 125 Å². The third-order valence-electron chi connectivity index (χ3n) is 9.84. The number of aliphatic hydroxyl groups excluding tert-OH is 17. The Morgan fingerprint density at radius 1 is 0.509 bits per heavy atom. The maximum atomic E-state index is 11.3. The van der Waals surface area contributed by atoms with Gasteiger partial charge in [-0.15, -0.1) is 0 Å². The first-order valence-electron chi connectivity index (χ1n) is 17.4. The highest BCUT2D eigenvalue weighted by atomic mass is 16.8. The molecule has 25 nitrogen and oxygen atoms in total. The first-order chi connectivity index (χ1) is 26.0. The van der Waals surface area contributed by atoms with Gasteiger partial charge in [-0.05, 0) is 6.42 Å². The van der Waals surface area contributed by atoms with Gasteiger partial charge in [-0.3, -0.25) is 0 Å². The van der Waals surface area contributed by atoms with E-state index in [-0.39, 0.29) is 0 Å². The van der Waals surface area contributed by atoms with Gasteiger partial charge in [0, 0.05) is 6.61 Å². The van der Waals surface area contributed by atoms with Gasteiger partial charge in [0.25, 0.3) is 0 Å². The lowest BCUT2D eigenvalue weighted by molar-refractivity contribution is -0.381. The first-order valence-corrected chi connectivity index (χ1v) is 17.4. The van der Waals surface area contributed by atoms with Gasteiger partial charge in [0.15, 0.2) is 25.2 Å². The number of aliphatic hydroxyl groups is 17. The van der Waals surface area contributed by atoms with Crippen LogP contribution < -0.4 is 0 Å². The summed E-state index contributed by atoms with van der Waals surface area (Å²) in [6, 6.07) is 0. The second kappa shape index (κ2) is 20.8. The van der Waals surface area contributed by atoms with Gasteiger partial charge in [-0.2, -0.15) is 0 Å². The largest absolute Gasteiger partial charge is 0.396 e. The van der Waals surface area contributed by atoms with Crippen LogP contribution in [0.15, 0.2) is 0 Å². The molecular weight excluding hydrogens is 760 g/mol. The Morgan fingerprint density at radius 3 is 1.58 bits per heavy atom. The SMILES string of the molecule is OCC[C@@H](O)[C@H](O)C(O)[C@H](O)OC1[C@@H](OCC2OCC(O)[C@@H](O[C@H]3OC(CO)[C@@H](O)C(O)C3O[C@H]3OC(CO)[C@@H](O)C(O)C3O)[C@@H]2O)OC(CO)[C@@H](O)[C@@H]1O. The van der Waals surface area contributed by atoms with Crippen LogP contribution >= 0.6 is 0 Å². The van der Waals surface area contributed by atoms with Crippen molar-refractivity contribution in [3.05, 3.63) is 0 Å². The summed E-state index contributed by atoms with van der Waals surface area (Å²) in [6.45, 7) is -4.46. The predicted octanol–water partition coefficient (Wildman–Crippen LogP) is -11.3. The molecule has 0 aromatic heterocycles. The minimum absolute atomic E-state index is 0.394. The van der Waals surface area contributed by atoms with Gasteiger partial charge in [0.05, 0.1) is 39.1 Å². The minimum Gasteiger partial charge on any atom is -0.396 e. The fourth-order valence-electron chi connectivity index (χ4n) is 6.44. The lowest BCUT2D eigenvalue weighted by Gasteiger charge is -2.48. The highest BCUT2D eigenvalue weighted by Crippen LogP contribution is 2.33. The Labute approximate surface area is 312 Å². The summed E-state index contributed by atoms with van der Waals surface area (Å²) in [5.41, 5.74) is 0. The van der Waals surface area contributed by atoms with Crippen LogP contribution in [0.5, 0.6) is 0 Å². The monoisotopic (exact) mass is 814 g/mol. The Morgan fingerprint density at radius 2 is 1.02 bits per heavy atom. The smallest absolute Gasteiger partial charge is 0.187 e. The molecule has 0 radical (unpaired) electrons. The molecule has 25 heteroatoms. The van der Waals surface area contributed by atoms with Crippen molar-refractivity contribution >= 4 is 0 Å². The van der Waals surface area contributed by atoms with Crippen LogP contribution in [-0.4, -0.2) is 268 Å². The second-order valence-corrected chi connectivity index (χ2v) is 13.6. The van der Waals surface area contributed by atoms with Gasteiger partial charge in [-0.1, -0.05) is 0 Å². The molecule has 324 valence electrons. The van der Waals surface area contributed by atoms with Crippen LogP contribution in [0, 0.1) is 0 Å². The predicted molar refractivity (Wildman–Crippen MR) is 167 cm³/mol. The molecule has 0 amide bonds. The summed E-state index contributed by atoms with van der Waals surface area (Å²) >= 11 is 0. The Hall–Kier alpha value is -1.00. The van der Waals surface area contributed by atoms with E-state index < -0.39 is 187 Å². The lowest BCUT2D eigenvalue weighted by atomic mass is 9.96. The Balaban J connectivity index is 1.48. The number of rotatable bonds is 17. The van der Waals surface area contributed by atoms with E-state index in [0.29, 0.717) is 0 Å². The molecular formula is C30H54O25. The molecule has 11 unspecified atom stereocenters. The Bertz CT molecular complexity index is 1130. The van der Waals surface area contributed by atoms with Crippen molar-refractivity contribution in [2.45, 2.75) is 148 Å². The molecule has 4 fully saturated rings. The molecule has 0 spiro atoms. The molecule has 23 atom stereocenters. The fraction of sp³-hybridized carbons (Fsp3) is 1.00. The highest BCUT2D eigenvalue weighted by molar-refractivity contribution is 4.97. The lowest BCUT2D eigenvalue weighted by Crippen LogP contribution is -2.66. The zero-order valence-electron chi connectivity index (χ0n) is 29.1. The van der Waals surface area contributed by atoms with Crippen molar-refractivity contribution in [2.24, 2.45) is 0 Å².